The number of hydrogen-bond acceptors (Lipinski definition) is 8. The maximum Gasteiger partial charge on any atom is 0.408 e. The summed E-state index contributed by atoms with van der Waals surface area (Å²) in [4.78, 5) is 47.8. The standard InChI is InChI=1S/C41H56N6O5/c1-9-46-34-17-16-27-21-30(34)31(36(46)29-14-10-18-42-35(29)26(2)3)22-41(7,8)25-51-38(49)32-15-12-20-47(44-32)37(48)33(43-39(50)52-40(4,5)6)24-45-19-11-13-28(27)23-45/h10,13-14,16-18,21,26,32-33,44H,9,11-12,15,19-20,22-25H2,1-8H3,(H,43,50)/t32-,33?/m0/s1. The zero-order valence-corrected chi connectivity index (χ0v) is 32.2. The lowest BCUT2D eigenvalue weighted by atomic mass is 9.83. The molecule has 3 atom stereocenters. The van der Waals surface area contributed by atoms with Crippen molar-refractivity contribution in [2.45, 2.75) is 111 Å². The molecule has 3 aliphatic heterocycles. The van der Waals surface area contributed by atoms with Gasteiger partial charge >= 0.3 is 12.1 Å². The van der Waals surface area contributed by atoms with Crippen LogP contribution in [0.1, 0.15) is 97.4 Å². The van der Waals surface area contributed by atoms with Gasteiger partial charge in [0, 0.05) is 60.8 Å². The topological polar surface area (TPSA) is 118 Å². The number of aromatic nitrogens is 2. The highest BCUT2D eigenvalue weighted by molar-refractivity contribution is 5.95. The molecule has 52 heavy (non-hydrogen) atoms. The first-order chi connectivity index (χ1) is 24.6. The van der Waals surface area contributed by atoms with Gasteiger partial charge in [0.05, 0.1) is 18.0 Å². The number of carbonyl (C=O) groups excluding carboxylic acids is 3. The smallest absolute Gasteiger partial charge is 0.408 e. The van der Waals surface area contributed by atoms with Crippen LogP contribution in [0.25, 0.3) is 27.7 Å². The van der Waals surface area contributed by atoms with E-state index in [-0.39, 0.29) is 24.4 Å². The van der Waals surface area contributed by atoms with Gasteiger partial charge in [-0.25, -0.2) is 10.2 Å². The number of amides is 2. The van der Waals surface area contributed by atoms with E-state index in [0.29, 0.717) is 38.9 Å². The van der Waals surface area contributed by atoms with Crippen LogP contribution in [0, 0.1) is 5.41 Å². The molecule has 2 aromatic heterocycles. The largest absolute Gasteiger partial charge is 0.464 e. The molecule has 3 aliphatic rings. The minimum absolute atomic E-state index is 0.211. The van der Waals surface area contributed by atoms with Crippen molar-refractivity contribution in [3.63, 3.8) is 0 Å². The number of carbonyl (C=O) groups is 3. The van der Waals surface area contributed by atoms with Crippen molar-refractivity contribution in [1.82, 2.24) is 30.2 Å². The van der Waals surface area contributed by atoms with Gasteiger partial charge in [0.2, 0.25) is 0 Å². The number of cyclic esters (lactones) is 1. The number of nitrogens with one attached hydrogen (secondary N) is 2. The molecular formula is C41H56N6O5. The molecule has 6 rings (SSSR count). The van der Waals surface area contributed by atoms with Crippen LogP contribution in [0.3, 0.4) is 0 Å². The molecule has 5 heterocycles. The van der Waals surface area contributed by atoms with Crippen molar-refractivity contribution >= 4 is 34.4 Å². The van der Waals surface area contributed by atoms with Gasteiger partial charge in [-0.1, -0.05) is 39.8 Å². The van der Waals surface area contributed by atoms with Gasteiger partial charge in [0.15, 0.2) is 0 Å². The SMILES string of the molecule is CCn1c(-c2cccnc2C(C)C)c2c3cc(ccc31)C1=CCCN(C1)CC(NC(=O)OC(C)(C)C)C(=O)N1CCC[C@H](N1)C(=O)OCC(C)(C)C2. The highest BCUT2D eigenvalue weighted by Gasteiger charge is 2.36. The second-order valence-corrected chi connectivity index (χ2v) is 16.6. The first-order valence-corrected chi connectivity index (χ1v) is 18.9. The highest BCUT2D eigenvalue weighted by atomic mass is 16.6. The Morgan fingerprint density at radius 3 is 2.69 bits per heavy atom. The fourth-order valence-corrected chi connectivity index (χ4v) is 7.78. The Kier molecular flexibility index (Phi) is 10.8. The Bertz CT molecular complexity index is 1850. The summed E-state index contributed by atoms with van der Waals surface area (Å²) in [6, 6.07) is 9.38. The Morgan fingerprint density at radius 2 is 1.96 bits per heavy atom. The minimum atomic E-state index is -0.890. The van der Waals surface area contributed by atoms with Gasteiger partial charge in [-0.3, -0.25) is 24.5 Å². The van der Waals surface area contributed by atoms with E-state index >= 15 is 0 Å². The van der Waals surface area contributed by atoms with Gasteiger partial charge in [0.1, 0.15) is 17.7 Å². The Morgan fingerprint density at radius 1 is 1.17 bits per heavy atom. The summed E-state index contributed by atoms with van der Waals surface area (Å²) < 4.78 is 14.0. The molecule has 11 heteroatoms. The molecule has 0 aliphatic carbocycles. The second-order valence-electron chi connectivity index (χ2n) is 16.6. The fourth-order valence-electron chi connectivity index (χ4n) is 7.78. The van der Waals surface area contributed by atoms with E-state index in [1.165, 1.54) is 27.2 Å². The molecule has 2 unspecified atom stereocenters. The van der Waals surface area contributed by atoms with Crippen LogP contribution in [0.15, 0.2) is 42.6 Å². The molecule has 6 bridgehead atoms. The molecule has 2 amide bonds. The van der Waals surface area contributed by atoms with Crippen LogP contribution < -0.4 is 10.7 Å². The average molecular weight is 713 g/mol. The number of rotatable bonds is 4. The monoisotopic (exact) mass is 712 g/mol. The third-order valence-electron chi connectivity index (χ3n) is 10.2. The quantitative estimate of drug-likeness (QED) is 0.297. The van der Waals surface area contributed by atoms with Gasteiger partial charge in [-0.05, 0) is 100 Å². The van der Waals surface area contributed by atoms with Crippen LogP contribution in [0.4, 0.5) is 4.79 Å². The molecule has 1 fully saturated rings. The van der Waals surface area contributed by atoms with Crippen molar-refractivity contribution in [2.75, 3.05) is 32.8 Å². The maximum atomic E-state index is 14.1. The summed E-state index contributed by atoms with van der Waals surface area (Å²) in [6.45, 7) is 19.3. The van der Waals surface area contributed by atoms with E-state index < -0.39 is 29.2 Å². The van der Waals surface area contributed by atoms with Gasteiger partial charge < -0.3 is 19.4 Å². The summed E-state index contributed by atoms with van der Waals surface area (Å²) in [7, 11) is 0. The van der Waals surface area contributed by atoms with E-state index in [1.54, 1.807) is 20.8 Å². The molecule has 3 aromatic rings. The number of hydrazine groups is 1. The predicted octanol–water partition coefficient (Wildman–Crippen LogP) is 6.45. The highest BCUT2D eigenvalue weighted by Crippen LogP contribution is 2.41. The van der Waals surface area contributed by atoms with Crippen LogP contribution in [0.5, 0.6) is 0 Å². The van der Waals surface area contributed by atoms with E-state index in [1.807, 2.05) is 12.3 Å². The van der Waals surface area contributed by atoms with Crippen LogP contribution >= 0.6 is 0 Å². The molecule has 280 valence electrons. The number of nitrogens with zero attached hydrogens (tertiary/aromatic N) is 4. The summed E-state index contributed by atoms with van der Waals surface area (Å²) >= 11 is 0. The van der Waals surface area contributed by atoms with Crippen molar-refractivity contribution in [2.24, 2.45) is 5.41 Å². The number of benzene rings is 1. The molecule has 0 spiro atoms. The number of pyridine rings is 1. The lowest BCUT2D eigenvalue weighted by Gasteiger charge is -2.37. The Balaban J connectivity index is 1.46. The minimum Gasteiger partial charge on any atom is -0.464 e. The molecular weight excluding hydrogens is 656 g/mol. The Labute approximate surface area is 308 Å². The number of ether oxygens (including phenoxy) is 2. The van der Waals surface area contributed by atoms with Crippen LogP contribution in [-0.2, 0) is 32.0 Å². The number of hydrogen-bond donors (Lipinski definition) is 2. The maximum absolute atomic E-state index is 14.1. The first kappa shape index (κ1) is 37.5. The van der Waals surface area contributed by atoms with Gasteiger partial charge in [-0.15, -0.1) is 0 Å². The van der Waals surface area contributed by atoms with Crippen LogP contribution in [0.2, 0.25) is 0 Å². The summed E-state index contributed by atoms with van der Waals surface area (Å²) in [6.07, 6.45) is 6.18. The lowest BCUT2D eigenvalue weighted by Crippen LogP contribution is -2.62. The fraction of sp³-hybridized carbons (Fsp3) is 0.561. The van der Waals surface area contributed by atoms with E-state index in [2.05, 4.69) is 85.2 Å². The molecule has 0 radical (unpaired) electrons. The third-order valence-corrected chi connectivity index (χ3v) is 10.2. The summed E-state index contributed by atoms with van der Waals surface area (Å²) in [5.74, 6) is -0.463. The van der Waals surface area contributed by atoms with Crippen molar-refractivity contribution in [3.05, 3.63) is 59.4 Å². The van der Waals surface area contributed by atoms with E-state index in [0.717, 1.165) is 41.8 Å². The second kappa shape index (κ2) is 15.0. The first-order valence-electron chi connectivity index (χ1n) is 18.9. The molecule has 2 N–H and O–H groups in total. The lowest BCUT2D eigenvalue weighted by molar-refractivity contribution is -0.155. The molecule has 1 aromatic carbocycles. The predicted molar refractivity (Wildman–Crippen MR) is 203 cm³/mol. The number of esters is 1. The molecule has 11 nitrogen and oxygen atoms in total. The molecule has 0 saturated carbocycles. The average Bonchev–Trinajstić information content (AvgIpc) is 3.40. The third kappa shape index (κ3) is 8.20. The number of fused-ring (bicyclic) bond motifs is 6. The normalized spacial score (nSPS) is 22.8. The van der Waals surface area contributed by atoms with E-state index in [9.17, 15) is 14.4 Å². The van der Waals surface area contributed by atoms with Crippen molar-refractivity contribution in [3.8, 4) is 11.3 Å². The van der Waals surface area contributed by atoms with Gasteiger partial charge in [0.25, 0.3) is 5.91 Å². The Hall–Kier alpha value is -4.22. The zero-order chi connectivity index (χ0) is 37.4. The van der Waals surface area contributed by atoms with Crippen LogP contribution in [-0.4, -0.2) is 87.9 Å². The van der Waals surface area contributed by atoms with Crippen molar-refractivity contribution in [1.29, 1.82) is 0 Å². The zero-order valence-electron chi connectivity index (χ0n) is 32.2. The summed E-state index contributed by atoms with van der Waals surface area (Å²) in [5.41, 5.74) is 10.1. The summed E-state index contributed by atoms with van der Waals surface area (Å²) in [5, 5.41) is 5.51. The van der Waals surface area contributed by atoms with Gasteiger partial charge in [-0.2, -0.15) is 0 Å². The van der Waals surface area contributed by atoms with Crippen molar-refractivity contribution < 1.29 is 23.9 Å². The van der Waals surface area contributed by atoms with E-state index in [4.69, 9.17) is 14.5 Å². The number of aryl methyl sites for hydroxylation is 1. The number of alkyl carbamates (subject to hydrolysis) is 1. The molecule has 1 saturated heterocycles.